The molecule has 2 aromatic rings. The van der Waals surface area contributed by atoms with Crippen molar-refractivity contribution in [2.75, 3.05) is 11.9 Å². The van der Waals surface area contributed by atoms with Crippen LogP contribution < -0.4 is 10.6 Å². The summed E-state index contributed by atoms with van der Waals surface area (Å²) in [6, 6.07) is 8.95. The molecule has 104 valence electrons. The molecule has 4 nitrogen and oxygen atoms in total. The quantitative estimate of drug-likeness (QED) is 0.892. The van der Waals surface area contributed by atoms with E-state index in [1.807, 2.05) is 12.1 Å². The maximum Gasteiger partial charge on any atom is 0.239 e. The lowest BCUT2D eigenvalue weighted by atomic mass is 10.3. The van der Waals surface area contributed by atoms with E-state index < -0.39 is 0 Å². The number of carbonyl (C=O) groups excluding carboxylic acids is 1. The van der Waals surface area contributed by atoms with E-state index in [1.54, 1.807) is 30.6 Å². The Morgan fingerprint density at radius 2 is 2.05 bits per heavy atom. The lowest BCUT2D eigenvalue weighted by Gasteiger charge is -2.09. The first kappa shape index (κ1) is 14.6. The number of benzene rings is 1. The number of rotatable bonds is 5. The number of aromatic nitrogens is 1. The van der Waals surface area contributed by atoms with Crippen molar-refractivity contribution in [2.24, 2.45) is 0 Å². The van der Waals surface area contributed by atoms with Crippen LogP contribution in [0.25, 0.3) is 0 Å². The molecule has 0 atom stereocenters. The zero-order chi connectivity index (χ0) is 14.4. The molecule has 1 amide bonds. The van der Waals surface area contributed by atoms with Gasteiger partial charge in [0.25, 0.3) is 0 Å². The minimum absolute atomic E-state index is 0.125. The highest BCUT2D eigenvalue weighted by atomic mass is 35.5. The van der Waals surface area contributed by atoms with Gasteiger partial charge in [-0.1, -0.05) is 35.3 Å². The summed E-state index contributed by atoms with van der Waals surface area (Å²) >= 11 is 11.9. The molecule has 0 saturated carbocycles. The van der Waals surface area contributed by atoms with Crippen LogP contribution in [-0.2, 0) is 11.3 Å². The highest BCUT2D eigenvalue weighted by molar-refractivity contribution is 6.43. The van der Waals surface area contributed by atoms with Crippen LogP contribution in [0.15, 0.2) is 42.7 Å². The molecule has 1 heterocycles. The smallest absolute Gasteiger partial charge is 0.239 e. The Labute approximate surface area is 127 Å². The number of hydrogen-bond acceptors (Lipinski definition) is 3. The van der Waals surface area contributed by atoms with Crippen LogP contribution in [0.4, 0.5) is 5.69 Å². The summed E-state index contributed by atoms with van der Waals surface area (Å²) in [6.07, 6.45) is 3.40. The Balaban J connectivity index is 1.82. The van der Waals surface area contributed by atoms with E-state index in [1.165, 1.54) is 0 Å². The fourth-order valence-corrected chi connectivity index (χ4v) is 1.95. The van der Waals surface area contributed by atoms with Gasteiger partial charge in [-0.2, -0.15) is 0 Å². The molecule has 20 heavy (non-hydrogen) atoms. The van der Waals surface area contributed by atoms with Crippen LogP contribution >= 0.6 is 23.2 Å². The Bertz CT molecular complexity index is 590. The van der Waals surface area contributed by atoms with E-state index in [-0.39, 0.29) is 12.5 Å². The van der Waals surface area contributed by atoms with Crippen LogP contribution in [0.3, 0.4) is 0 Å². The summed E-state index contributed by atoms with van der Waals surface area (Å²) in [4.78, 5) is 15.7. The van der Waals surface area contributed by atoms with E-state index in [2.05, 4.69) is 15.6 Å². The van der Waals surface area contributed by atoms with Gasteiger partial charge in [0.05, 0.1) is 22.3 Å². The van der Waals surface area contributed by atoms with Gasteiger partial charge in [-0.3, -0.25) is 9.78 Å². The molecular formula is C14H13Cl2N3O. The number of nitrogens with zero attached hydrogens (tertiary/aromatic N) is 1. The fourth-order valence-electron chi connectivity index (χ4n) is 1.58. The summed E-state index contributed by atoms with van der Waals surface area (Å²) in [6.45, 7) is 0.567. The van der Waals surface area contributed by atoms with Crippen LogP contribution in [0, 0.1) is 0 Å². The normalized spacial score (nSPS) is 10.1. The van der Waals surface area contributed by atoms with Crippen molar-refractivity contribution in [1.82, 2.24) is 10.3 Å². The maximum absolute atomic E-state index is 11.7. The van der Waals surface area contributed by atoms with Crippen molar-refractivity contribution in [3.63, 3.8) is 0 Å². The van der Waals surface area contributed by atoms with Crippen molar-refractivity contribution in [3.05, 3.63) is 58.3 Å². The lowest BCUT2D eigenvalue weighted by molar-refractivity contribution is -0.119. The van der Waals surface area contributed by atoms with Crippen LogP contribution in [0.2, 0.25) is 10.0 Å². The molecule has 1 aromatic heterocycles. The minimum Gasteiger partial charge on any atom is -0.375 e. The van der Waals surface area contributed by atoms with Gasteiger partial charge in [-0.05, 0) is 23.8 Å². The van der Waals surface area contributed by atoms with Crippen LogP contribution in [-0.4, -0.2) is 17.4 Å². The van der Waals surface area contributed by atoms with Gasteiger partial charge in [0.1, 0.15) is 0 Å². The first-order chi connectivity index (χ1) is 9.66. The summed E-state index contributed by atoms with van der Waals surface area (Å²) in [5.74, 6) is -0.134. The van der Waals surface area contributed by atoms with E-state index in [0.29, 0.717) is 22.3 Å². The predicted octanol–water partition coefficient (Wildman–Crippen LogP) is 3.12. The van der Waals surface area contributed by atoms with Gasteiger partial charge in [0.2, 0.25) is 5.91 Å². The van der Waals surface area contributed by atoms with Gasteiger partial charge in [-0.15, -0.1) is 0 Å². The molecular weight excluding hydrogens is 297 g/mol. The molecule has 0 aliphatic heterocycles. The number of anilines is 1. The molecule has 0 aliphatic rings. The molecule has 0 spiro atoms. The highest BCUT2D eigenvalue weighted by Gasteiger charge is 2.06. The number of hydrogen-bond donors (Lipinski definition) is 2. The number of carbonyl (C=O) groups is 1. The second-order valence-corrected chi connectivity index (χ2v) is 4.88. The van der Waals surface area contributed by atoms with E-state index in [4.69, 9.17) is 23.2 Å². The third-order valence-electron chi connectivity index (χ3n) is 2.60. The third kappa shape index (κ3) is 4.11. The summed E-state index contributed by atoms with van der Waals surface area (Å²) in [7, 11) is 0. The third-order valence-corrected chi connectivity index (χ3v) is 3.42. The molecule has 1 aromatic carbocycles. The topological polar surface area (TPSA) is 54.0 Å². The van der Waals surface area contributed by atoms with Crippen molar-refractivity contribution >= 4 is 34.8 Å². The van der Waals surface area contributed by atoms with Crippen molar-refractivity contribution in [1.29, 1.82) is 0 Å². The van der Waals surface area contributed by atoms with E-state index in [0.717, 1.165) is 5.56 Å². The first-order valence-electron chi connectivity index (χ1n) is 6.00. The van der Waals surface area contributed by atoms with Gasteiger partial charge >= 0.3 is 0 Å². The summed E-state index contributed by atoms with van der Waals surface area (Å²) in [5, 5.41) is 6.59. The Hall–Kier alpha value is -1.78. The molecule has 0 saturated heterocycles. The molecule has 0 unspecified atom stereocenters. The van der Waals surface area contributed by atoms with Crippen molar-refractivity contribution < 1.29 is 4.79 Å². The molecule has 6 heteroatoms. The zero-order valence-electron chi connectivity index (χ0n) is 10.6. The number of amides is 1. The number of pyridine rings is 1. The standard InChI is InChI=1S/C14H13Cl2N3O/c15-11-4-1-5-12(14(11)16)18-9-13(20)19-8-10-3-2-6-17-7-10/h1-7,18H,8-9H2,(H,19,20). The van der Waals surface area contributed by atoms with Crippen molar-refractivity contribution in [2.45, 2.75) is 6.54 Å². The SMILES string of the molecule is O=C(CNc1cccc(Cl)c1Cl)NCc1cccnc1. The lowest BCUT2D eigenvalue weighted by Crippen LogP contribution is -2.29. The minimum atomic E-state index is -0.134. The fraction of sp³-hybridized carbons (Fsp3) is 0.143. The Morgan fingerprint density at radius 3 is 2.80 bits per heavy atom. The van der Waals surface area contributed by atoms with Crippen LogP contribution in [0.5, 0.6) is 0 Å². The average Bonchev–Trinajstić information content (AvgIpc) is 2.48. The molecule has 0 fully saturated rings. The monoisotopic (exact) mass is 309 g/mol. The Kier molecular flexibility index (Phi) is 5.21. The van der Waals surface area contributed by atoms with Gasteiger partial charge in [0, 0.05) is 18.9 Å². The van der Waals surface area contributed by atoms with Crippen LogP contribution in [0.1, 0.15) is 5.56 Å². The molecule has 2 N–H and O–H groups in total. The van der Waals surface area contributed by atoms with Gasteiger partial charge in [-0.25, -0.2) is 0 Å². The zero-order valence-corrected chi connectivity index (χ0v) is 12.1. The average molecular weight is 310 g/mol. The number of nitrogens with one attached hydrogen (secondary N) is 2. The first-order valence-corrected chi connectivity index (χ1v) is 6.76. The van der Waals surface area contributed by atoms with E-state index in [9.17, 15) is 4.79 Å². The summed E-state index contributed by atoms with van der Waals surface area (Å²) < 4.78 is 0. The highest BCUT2D eigenvalue weighted by Crippen LogP contribution is 2.29. The predicted molar refractivity (Wildman–Crippen MR) is 81.0 cm³/mol. The van der Waals surface area contributed by atoms with Gasteiger partial charge < -0.3 is 10.6 Å². The number of halogens is 2. The molecule has 0 aliphatic carbocycles. The second kappa shape index (κ2) is 7.12. The van der Waals surface area contributed by atoms with Gasteiger partial charge in [0.15, 0.2) is 0 Å². The molecule has 2 rings (SSSR count). The maximum atomic E-state index is 11.7. The second-order valence-electron chi connectivity index (χ2n) is 4.09. The summed E-state index contributed by atoms with van der Waals surface area (Å²) in [5.41, 5.74) is 1.58. The Morgan fingerprint density at radius 1 is 1.20 bits per heavy atom. The largest absolute Gasteiger partial charge is 0.375 e. The van der Waals surface area contributed by atoms with E-state index >= 15 is 0 Å². The molecule has 0 radical (unpaired) electrons. The van der Waals surface area contributed by atoms with Crippen molar-refractivity contribution in [3.8, 4) is 0 Å². The molecule has 0 bridgehead atoms.